The monoisotopic (exact) mass is 271 g/mol. The van der Waals surface area contributed by atoms with Crippen molar-refractivity contribution in [3.63, 3.8) is 0 Å². The Balaban J connectivity index is 1.66. The Hall–Kier alpha value is -1.72. The van der Waals surface area contributed by atoms with Gasteiger partial charge < -0.3 is 5.32 Å². The van der Waals surface area contributed by atoms with E-state index in [1.165, 1.54) is 11.1 Å². The molecule has 1 N–H and O–H groups in total. The molecule has 0 aromatic carbocycles. The van der Waals surface area contributed by atoms with Crippen molar-refractivity contribution in [2.45, 2.75) is 12.5 Å². The maximum Gasteiger partial charge on any atom is 0.0522 e. The van der Waals surface area contributed by atoms with Gasteiger partial charge >= 0.3 is 0 Å². The summed E-state index contributed by atoms with van der Waals surface area (Å²) in [6.45, 7) is 4.20. The molecular weight excluding hydrogens is 250 g/mol. The van der Waals surface area contributed by atoms with Crippen molar-refractivity contribution in [3.8, 4) is 0 Å². The summed E-state index contributed by atoms with van der Waals surface area (Å²) in [6, 6.07) is 4.61. The molecule has 1 fully saturated rings. The van der Waals surface area contributed by atoms with Crippen LogP contribution >= 0.6 is 0 Å². The van der Waals surface area contributed by atoms with Crippen LogP contribution in [0, 0.1) is 0 Å². The van der Waals surface area contributed by atoms with Gasteiger partial charge in [0.05, 0.1) is 6.20 Å². The van der Waals surface area contributed by atoms with E-state index in [1.54, 1.807) is 0 Å². The van der Waals surface area contributed by atoms with Crippen LogP contribution in [0.4, 0.5) is 0 Å². The van der Waals surface area contributed by atoms with Crippen molar-refractivity contribution in [2.24, 2.45) is 7.05 Å². The lowest BCUT2D eigenvalue weighted by molar-refractivity contribution is 0.164. The van der Waals surface area contributed by atoms with Crippen molar-refractivity contribution in [3.05, 3.63) is 48.0 Å². The Morgan fingerprint density at radius 3 is 3.10 bits per heavy atom. The van der Waals surface area contributed by atoms with E-state index in [2.05, 4.69) is 32.6 Å². The molecule has 0 saturated carbocycles. The summed E-state index contributed by atoms with van der Waals surface area (Å²) in [5, 5.41) is 7.71. The Labute approximate surface area is 119 Å². The number of hydrogen-bond acceptors (Lipinski definition) is 4. The number of hydrogen-bond donors (Lipinski definition) is 1. The molecule has 5 heteroatoms. The summed E-state index contributed by atoms with van der Waals surface area (Å²) in [6.07, 6.45) is 8.92. The zero-order valence-electron chi connectivity index (χ0n) is 11.9. The second kappa shape index (κ2) is 6.15. The summed E-state index contributed by atoms with van der Waals surface area (Å²) < 4.78 is 1.87. The topological polar surface area (TPSA) is 46.0 Å². The van der Waals surface area contributed by atoms with Crippen LogP contribution in [0.25, 0.3) is 0 Å². The molecule has 1 unspecified atom stereocenters. The SMILES string of the molecule is Cn1cc(CCN2CCNCC2c2cccnc2)cn1. The van der Waals surface area contributed by atoms with Crippen LogP contribution in [0.2, 0.25) is 0 Å². The van der Waals surface area contributed by atoms with E-state index in [1.807, 2.05) is 36.4 Å². The molecular formula is C15H21N5. The van der Waals surface area contributed by atoms with E-state index >= 15 is 0 Å². The molecule has 0 radical (unpaired) electrons. The fourth-order valence-electron chi connectivity index (χ4n) is 2.79. The predicted molar refractivity (Wildman–Crippen MR) is 78.3 cm³/mol. The summed E-state index contributed by atoms with van der Waals surface area (Å²) >= 11 is 0. The highest BCUT2D eigenvalue weighted by Gasteiger charge is 2.23. The number of pyridine rings is 1. The fraction of sp³-hybridized carbons (Fsp3) is 0.467. The lowest BCUT2D eigenvalue weighted by Gasteiger charge is -2.36. The summed E-state index contributed by atoms with van der Waals surface area (Å²) in [4.78, 5) is 6.79. The van der Waals surface area contributed by atoms with Crippen LogP contribution in [0.5, 0.6) is 0 Å². The molecule has 1 aliphatic rings. The predicted octanol–water partition coefficient (Wildman–Crippen LogP) is 1.00. The Bertz CT molecular complexity index is 536. The van der Waals surface area contributed by atoms with Gasteiger partial charge in [-0.2, -0.15) is 5.10 Å². The van der Waals surface area contributed by atoms with Crippen LogP contribution in [-0.4, -0.2) is 45.8 Å². The first kappa shape index (κ1) is 13.3. The molecule has 0 aliphatic carbocycles. The largest absolute Gasteiger partial charge is 0.314 e. The smallest absolute Gasteiger partial charge is 0.0522 e. The van der Waals surface area contributed by atoms with Gasteiger partial charge in [0.2, 0.25) is 0 Å². The third-order valence-corrected chi connectivity index (χ3v) is 3.87. The van der Waals surface area contributed by atoms with Crippen molar-refractivity contribution in [1.29, 1.82) is 0 Å². The maximum atomic E-state index is 4.25. The third kappa shape index (κ3) is 3.05. The minimum Gasteiger partial charge on any atom is -0.314 e. The van der Waals surface area contributed by atoms with Gasteiger partial charge in [0.15, 0.2) is 0 Å². The average molecular weight is 271 g/mol. The van der Waals surface area contributed by atoms with Crippen molar-refractivity contribution < 1.29 is 0 Å². The van der Waals surface area contributed by atoms with Crippen LogP contribution in [0.1, 0.15) is 17.2 Å². The molecule has 106 valence electrons. The van der Waals surface area contributed by atoms with Gasteiger partial charge in [-0.05, 0) is 23.6 Å². The normalized spacial score (nSPS) is 20.1. The highest BCUT2D eigenvalue weighted by molar-refractivity contribution is 5.16. The quantitative estimate of drug-likeness (QED) is 0.901. The van der Waals surface area contributed by atoms with Crippen LogP contribution in [0.3, 0.4) is 0 Å². The molecule has 3 heterocycles. The molecule has 2 aromatic rings. The zero-order valence-corrected chi connectivity index (χ0v) is 11.9. The maximum absolute atomic E-state index is 4.25. The van der Waals surface area contributed by atoms with Gasteiger partial charge in [0.25, 0.3) is 0 Å². The molecule has 0 bridgehead atoms. The van der Waals surface area contributed by atoms with Crippen LogP contribution in [0.15, 0.2) is 36.9 Å². The second-order valence-corrected chi connectivity index (χ2v) is 5.31. The van der Waals surface area contributed by atoms with Gasteiger partial charge in [0.1, 0.15) is 0 Å². The zero-order chi connectivity index (χ0) is 13.8. The van der Waals surface area contributed by atoms with E-state index in [-0.39, 0.29) is 0 Å². The van der Waals surface area contributed by atoms with E-state index in [0.29, 0.717) is 6.04 Å². The second-order valence-electron chi connectivity index (χ2n) is 5.31. The van der Waals surface area contributed by atoms with Crippen molar-refractivity contribution >= 4 is 0 Å². The number of piperazine rings is 1. The van der Waals surface area contributed by atoms with Crippen molar-refractivity contribution in [2.75, 3.05) is 26.2 Å². The van der Waals surface area contributed by atoms with Gasteiger partial charge in [-0.3, -0.25) is 14.6 Å². The number of rotatable bonds is 4. The molecule has 0 amide bonds. The Morgan fingerprint density at radius 2 is 2.35 bits per heavy atom. The lowest BCUT2D eigenvalue weighted by Crippen LogP contribution is -2.46. The first-order chi connectivity index (χ1) is 9.83. The third-order valence-electron chi connectivity index (χ3n) is 3.87. The molecule has 3 rings (SSSR count). The number of aromatic nitrogens is 3. The van der Waals surface area contributed by atoms with E-state index in [9.17, 15) is 0 Å². The highest BCUT2D eigenvalue weighted by atomic mass is 15.2. The molecule has 0 spiro atoms. The Morgan fingerprint density at radius 1 is 1.40 bits per heavy atom. The van der Waals surface area contributed by atoms with Crippen LogP contribution in [-0.2, 0) is 13.5 Å². The minimum absolute atomic E-state index is 0.425. The molecule has 5 nitrogen and oxygen atoms in total. The number of nitrogens with one attached hydrogen (secondary N) is 1. The Kier molecular flexibility index (Phi) is 4.08. The first-order valence-electron chi connectivity index (χ1n) is 7.15. The van der Waals surface area contributed by atoms with E-state index in [0.717, 1.165) is 32.6 Å². The minimum atomic E-state index is 0.425. The fourth-order valence-corrected chi connectivity index (χ4v) is 2.79. The van der Waals surface area contributed by atoms with Crippen molar-refractivity contribution in [1.82, 2.24) is 25.0 Å². The molecule has 1 aliphatic heterocycles. The standard InChI is InChI=1S/C15H21N5/c1-19-12-13(9-18-19)4-7-20-8-6-17-11-15(20)14-3-2-5-16-10-14/h2-3,5,9-10,12,15,17H,4,6-8,11H2,1H3. The van der Waals surface area contributed by atoms with Crippen LogP contribution < -0.4 is 5.32 Å². The number of aryl methyl sites for hydroxylation is 1. The number of nitrogens with zero attached hydrogens (tertiary/aromatic N) is 4. The molecule has 2 aromatic heterocycles. The molecule has 20 heavy (non-hydrogen) atoms. The average Bonchev–Trinajstić information content (AvgIpc) is 2.92. The summed E-state index contributed by atoms with van der Waals surface area (Å²) in [7, 11) is 1.97. The molecule has 1 saturated heterocycles. The molecule has 1 atom stereocenters. The highest BCUT2D eigenvalue weighted by Crippen LogP contribution is 2.21. The van der Waals surface area contributed by atoms with E-state index < -0.39 is 0 Å². The summed E-state index contributed by atoms with van der Waals surface area (Å²) in [5.74, 6) is 0. The summed E-state index contributed by atoms with van der Waals surface area (Å²) in [5.41, 5.74) is 2.60. The van der Waals surface area contributed by atoms with Gasteiger partial charge in [-0.25, -0.2) is 0 Å². The van der Waals surface area contributed by atoms with Gasteiger partial charge in [-0.1, -0.05) is 6.07 Å². The van der Waals surface area contributed by atoms with E-state index in [4.69, 9.17) is 0 Å². The van der Waals surface area contributed by atoms with Gasteiger partial charge in [0, 0.05) is 57.9 Å². The lowest BCUT2D eigenvalue weighted by atomic mass is 10.0. The first-order valence-corrected chi connectivity index (χ1v) is 7.15. The van der Waals surface area contributed by atoms with Gasteiger partial charge in [-0.15, -0.1) is 0 Å².